The highest BCUT2D eigenvalue weighted by molar-refractivity contribution is 7.98. The van der Waals surface area contributed by atoms with Crippen LogP contribution in [0.5, 0.6) is 0 Å². The van der Waals surface area contributed by atoms with Crippen LogP contribution in [0.4, 0.5) is 0 Å². The van der Waals surface area contributed by atoms with Gasteiger partial charge in [0.25, 0.3) is 0 Å². The summed E-state index contributed by atoms with van der Waals surface area (Å²) in [5.74, 6) is 1.96. The van der Waals surface area contributed by atoms with Crippen LogP contribution >= 0.6 is 34.4 Å². The first kappa shape index (κ1) is 18.3. The summed E-state index contributed by atoms with van der Waals surface area (Å²) in [6.07, 6.45) is 7.33. The molecule has 0 atom stereocenters. The minimum absolute atomic E-state index is 0.538. The van der Waals surface area contributed by atoms with Crippen LogP contribution in [0.3, 0.4) is 0 Å². The molecule has 4 aromatic rings. The highest BCUT2D eigenvalue weighted by Gasteiger charge is 2.23. The van der Waals surface area contributed by atoms with Crippen molar-refractivity contribution in [3.8, 4) is 0 Å². The molecule has 1 aliphatic rings. The van der Waals surface area contributed by atoms with Gasteiger partial charge in [-0.15, -0.1) is 32.9 Å². The Labute approximate surface area is 177 Å². The van der Waals surface area contributed by atoms with Gasteiger partial charge in [-0.05, 0) is 36.4 Å². The van der Waals surface area contributed by atoms with Crippen LogP contribution < -0.4 is 0 Å². The molecule has 1 aliphatic carbocycles. The van der Waals surface area contributed by atoms with Crippen LogP contribution in [0.2, 0.25) is 0 Å². The maximum atomic E-state index is 4.78. The van der Waals surface area contributed by atoms with Crippen molar-refractivity contribution in [2.75, 3.05) is 0 Å². The number of para-hydroxylation sites is 1. The molecule has 1 saturated carbocycles. The smallest absolute Gasteiger partial charge is 0.191 e. The van der Waals surface area contributed by atoms with Gasteiger partial charge in [0.15, 0.2) is 5.16 Å². The highest BCUT2D eigenvalue weighted by atomic mass is 32.2. The van der Waals surface area contributed by atoms with E-state index in [1.54, 1.807) is 34.4 Å². The predicted molar refractivity (Wildman–Crippen MR) is 118 cm³/mol. The zero-order chi connectivity index (χ0) is 18.8. The molecule has 0 N–H and O–H groups in total. The molecule has 0 amide bonds. The second kappa shape index (κ2) is 8.35. The standard InChI is InChI=1S/C21H22N4S3/c1-2-7-15(8-3-1)25-19(13-16-9-6-12-26-16)23-24-21(25)27-14-20-22-17-10-4-5-11-18(17)28-20/h4-6,9-12,15H,1-3,7-8,13-14H2. The molecule has 0 radical (unpaired) electrons. The van der Waals surface area contributed by atoms with E-state index in [2.05, 4.69) is 56.5 Å². The van der Waals surface area contributed by atoms with E-state index in [9.17, 15) is 0 Å². The number of benzene rings is 1. The number of aromatic nitrogens is 4. The average molecular weight is 427 g/mol. The maximum absolute atomic E-state index is 4.78. The van der Waals surface area contributed by atoms with Crippen LogP contribution in [-0.4, -0.2) is 19.7 Å². The monoisotopic (exact) mass is 426 g/mol. The Kier molecular flexibility index (Phi) is 5.47. The molecular weight excluding hydrogens is 404 g/mol. The molecule has 1 fully saturated rings. The van der Waals surface area contributed by atoms with Crippen molar-refractivity contribution in [2.45, 2.75) is 55.5 Å². The lowest BCUT2D eigenvalue weighted by Crippen LogP contribution is -2.16. The summed E-state index contributed by atoms with van der Waals surface area (Å²) >= 11 is 5.36. The van der Waals surface area contributed by atoms with E-state index in [1.165, 1.54) is 41.7 Å². The van der Waals surface area contributed by atoms with Gasteiger partial charge >= 0.3 is 0 Å². The lowest BCUT2D eigenvalue weighted by molar-refractivity contribution is 0.330. The summed E-state index contributed by atoms with van der Waals surface area (Å²) in [7, 11) is 0. The van der Waals surface area contributed by atoms with Gasteiger partial charge in [0.1, 0.15) is 10.8 Å². The molecule has 5 rings (SSSR count). The van der Waals surface area contributed by atoms with Crippen molar-refractivity contribution in [3.05, 3.63) is 57.5 Å². The molecule has 3 heterocycles. The summed E-state index contributed by atoms with van der Waals surface area (Å²) in [4.78, 5) is 6.13. The normalized spacial score (nSPS) is 15.4. The SMILES string of the molecule is c1csc(Cc2nnc(SCc3nc4ccccc4s3)n2C2CCCCC2)c1. The summed E-state index contributed by atoms with van der Waals surface area (Å²) < 4.78 is 3.70. The van der Waals surface area contributed by atoms with Gasteiger partial charge in [0.2, 0.25) is 0 Å². The molecule has 144 valence electrons. The fourth-order valence-corrected chi connectivity index (χ4v) is 6.60. The average Bonchev–Trinajstić information content (AvgIpc) is 3.47. The van der Waals surface area contributed by atoms with Crippen molar-refractivity contribution in [3.63, 3.8) is 0 Å². The number of nitrogens with zero attached hydrogens (tertiary/aromatic N) is 4. The van der Waals surface area contributed by atoms with E-state index in [-0.39, 0.29) is 0 Å². The molecule has 4 nitrogen and oxygen atoms in total. The summed E-state index contributed by atoms with van der Waals surface area (Å²) in [6, 6.07) is 13.2. The van der Waals surface area contributed by atoms with Crippen LogP contribution in [0.15, 0.2) is 46.9 Å². The first-order valence-electron chi connectivity index (χ1n) is 9.80. The number of thioether (sulfide) groups is 1. The second-order valence-corrected chi connectivity index (χ2v) is 10.3. The molecule has 3 aromatic heterocycles. The van der Waals surface area contributed by atoms with Crippen LogP contribution in [0.25, 0.3) is 10.2 Å². The van der Waals surface area contributed by atoms with E-state index < -0.39 is 0 Å². The lowest BCUT2D eigenvalue weighted by atomic mass is 9.95. The highest BCUT2D eigenvalue weighted by Crippen LogP contribution is 2.35. The molecule has 0 bridgehead atoms. The van der Waals surface area contributed by atoms with Crippen molar-refractivity contribution in [2.24, 2.45) is 0 Å². The van der Waals surface area contributed by atoms with E-state index in [4.69, 9.17) is 4.98 Å². The Hall–Kier alpha value is -1.70. The van der Waals surface area contributed by atoms with Crippen molar-refractivity contribution in [1.82, 2.24) is 19.7 Å². The van der Waals surface area contributed by atoms with Gasteiger partial charge in [-0.3, -0.25) is 0 Å². The van der Waals surface area contributed by atoms with E-state index in [0.717, 1.165) is 33.7 Å². The maximum Gasteiger partial charge on any atom is 0.191 e. The van der Waals surface area contributed by atoms with E-state index >= 15 is 0 Å². The van der Waals surface area contributed by atoms with Gasteiger partial charge in [0, 0.05) is 17.3 Å². The molecule has 1 aromatic carbocycles. The zero-order valence-electron chi connectivity index (χ0n) is 15.6. The molecule has 28 heavy (non-hydrogen) atoms. The van der Waals surface area contributed by atoms with Gasteiger partial charge in [-0.25, -0.2) is 4.98 Å². The molecular formula is C21H22N4S3. The first-order chi connectivity index (χ1) is 13.9. The van der Waals surface area contributed by atoms with Crippen LogP contribution in [-0.2, 0) is 12.2 Å². The summed E-state index contributed by atoms with van der Waals surface area (Å²) in [6.45, 7) is 0. The van der Waals surface area contributed by atoms with Gasteiger partial charge in [0.05, 0.1) is 16.0 Å². The number of hydrogen-bond donors (Lipinski definition) is 0. The van der Waals surface area contributed by atoms with E-state index in [1.807, 2.05) is 0 Å². The van der Waals surface area contributed by atoms with Gasteiger partial charge < -0.3 is 4.57 Å². The minimum Gasteiger partial charge on any atom is -0.303 e. The zero-order valence-corrected chi connectivity index (χ0v) is 18.0. The fourth-order valence-electron chi connectivity index (χ4n) is 3.91. The van der Waals surface area contributed by atoms with Crippen LogP contribution in [0, 0.1) is 0 Å². The van der Waals surface area contributed by atoms with Crippen molar-refractivity contribution < 1.29 is 0 Å². The third-order valence-corrected chi connectivity index (χ3v) is 8.30. The molecule has 0 saturated heterocycles. The largest absolute Gasteiger partial charge is 0.303 e. The Balaban J connectivity index is 1.40. The second-order valence-electron chi connectivity index (χ2n) is 7.18. The van der Waals surface area contributed by atoms with E-state index in [0.29, 0.717) is 6.04 Å². The summed E-state index contributed by atoms with van der Waals surface area (Å²) in [5, 5.41) is 13.5. The minimum atomic E-state index is 0.538. The van der Waals surface area contributed by atoms with Crippen molar-refractivity contribution >= 4 is 44.7 Å². The predicted octanol–water partition coefficient (Wildman–Crippen LogP) is 6.34. The molecule has 0 aliphatic heterocycles. The lowest BCUT2D eigenvalue weighted by Gasteiger charge is -2.25. The Bertz CT molecular complexity index is 1010. The molecule has 0 unspecified atom stereocenters. The van der Waals surface area contributed by atoms with Gasteiger partial charge in [-0.1, -0.05) is 49.2 Å². The number of fused-ring (bicyclic) bond motifs is 1. The Morgan fingerprint density at radius 1 is 1.04 bits per heavy atom. The number of thiophene rings is 1. The number of rotatable bonds is 6. The van der Waals surface area contributed by atoms with Crippen molar-refractivity contribution in [1.29, 1.82) is 0 Å². The first-order valence-corrected chi connectivity index (χ1v) is 12.5. The molecule has 7 heteroatoms. The third kappa shape index (κ3) is 3.88. The third-order valence-electron chi connectivity index (χ3n) is 5.25. The number of thiazole rings is 1. The fraction of sp³-hybridized carbons (Fsp3) is 0.381. The van der Waals surface area contributed by atoms with Crippen LogP contribution in [0.1, 0.15) is 53.9 Å². The molecule has 0 spiro atoms. The van der Waals surface area contributed by atoms with Gasteiger partial charge in [-0.2, -0.15) is 0 Å². The number of hydrogen-bond acceptors (Lipinski definition) is 6. The Morgan fingerprint density at radius 3 is 2.75 bits per heavy atom. The Morgan fingerprint density at radius 2 is 1.93 bits per heavy atom. The quantitative estimate of drug-likeness (QED) is 0.338. The summed E-state index contributed by atoms with van der Waals surface area (Å²) in [5.41, 5.74) is 1.09. The topological polar surface area (TPSA) is 43.6 Å².